The average molecular weight is 182 g/mol. The molecule has 1 heterocycles. The van der Waals surface area contributed by atoms with Gasteiger partial charge in [-0.25, -0.2) is 0 Å². The van der Waals surface area contributed by atoms with Crippen molar-refractivity contribution in [3.63, 3.8) is 0 Å². The summed E-state index contributed by atoms with van der Waals surface area (Å²) in [6.45, 7) is 12.6. The molecule has 2 atom stereocenters. The van der Waals surface area contributed by atoms with Crippen LogP contribution in [0.5, 0.6) is 0 Å². The van der Waals surface area contributed by atoms with Gasteiger partial charge in [-0.1, -0.05) is 33.6 Å². The van der Waals surface area contributed by atoms with Crippen LogP contribution < -0.4 is 0 Å². The van der Waals surface area contributed by atoms with Crippen LogP contribution in [-0.4, -0.2) is 24.5 Å². The van der Waals surface area contributed by atoms with Crippen molar-refractivity contribution in [1.29, 1.82) is 0 Å². The molecule has 1 radical (unpaired) electrons. The van der Waals surface area contributed by atoms with E-state index in [2.05, 4.69) is 25.7 Å². The quantitative estimate of drug-likeness (QED) is 0.604. The van der Waals surface area contributed by atoms with E-state index in [-0.39, 0.29) is 0 Å². The highest BCUT2D eigenvalue weighted by Gasteiger charge is 2.20. The van der Waals surface area contributed by atoms with Gasteiger partial charge in [0.2, 0.25) is 0 Å². The molecule has 1 saturated heterocycles. The molecule has 0 aliphatic carbocycles. The third kappa shape index (κ3) is 4.12. The molecule has 0 saturated carbocycles. The van der Waals surface area contributed by atoms with Gasteiger partial charge in [0.15, 0.2) is 0 Å². The van der Waals surface area contributed by atoms with E-state index in [4.69, 9.17) is 0 Å². The molecule has 77 valence electrons. The lowest BCUT2D eigenvalue weighted by molar-refractivity contribution is 0.139. The topological polar surface area (TPSA) is 3.24 Å². The molecule has 0 aromatic heterocycles. The van der Waals surface area contributed by atoms with Crippen LogP contribution in [0.15, 0.2) is 0 Å². The fourth-order valence-corrected chi connectivity index (χ4v) is 2.49. The van der Waals surface area contributed by atoms with Gasteiger partial charge in [0, 0.05) is 13.1 Å². The van der Waals surface area contributed by atoms with Gasteiger partial charge >= 0.3 is 0 Å². The van der Waals surface area contributed by atoms with E-state index in [1.54, 1.807) is 0 Å². The number of likely N-dealkylation sites (tertiary alicyclic amines) is 1. The predicted octanol–water partition coefficient (Wildman–Crippen LogP) is 2.97. The highest BCUT2D eigenvalue weighted by atomic mass is 15.1. The molecular weight excluding hydrogens is 158 g/mol. The lowest BCUT2D eigenvalue weighted by Crippen LogP contribution is -2.39. The summed E-state index contributed by atoms with van der Waals surface area (Å²) in [7, 11) is 0. The smallest absolute Gasteiger partial charge is 0.000724 e. The number of nitrogens with zero attached hydrogens (tertiary/aromatic N) is 1. The summed E-state index contributed by atoms with van der Waals surface area (Å²) in [6.07, 6.45) is 5.15. The molecule has 1 fully saturated rings. The molecule has 0 bridgehead atoms. The predicted molar refractivity (Wildman–Crippen MR) is 58.6 cm³/mol. The molecule has 1 nitrogen and oxygen atoms in total. The van der Waals surface area contributed by atoms with Crippen molar-refractivity contribution in [2.75, 3.05) is 19.6 Å². The minimum absolute atomic E-state index is 0.906. The van der Waals surface area contributed by atoms with Gasteiger partial charge in [-0.15, -0.1) is 0 Å². The van der Waals surface area contributed by atoms with Crippen LogP contribution in [-0.2, 0) is 0 Å². The first-order valence-corrected chi connectivity index (χ1v) is 5.74. The zero-order valence-corrected chi connectivity index (χ0v) is 9.26. The van der Waals surface area contributed by atoms with E-state index >= 15 is 0 Å². The normalized spacial score (nSPS) is 30.7. The first-order chi connectivity index (χ1) is 6.22. The van der Waals surface area contributed by atoms with Crippen LogP contribution in [0.4, 0.5) is 0 Å². The Bertz CT molecular complexity index is 123. The van der Waals surface area contributed by atoms with Crippen LogP contribution in [0.1, 0.15) is 39.5 Å². The monoisotopic (exact) mass is 182 g/mol. The summed E-state index contributed by atoms with van der Waals surface area (Å²) >= 11 is 0. The number of rotatable bonds is 4. The minimum atomic E-state index is 0.906. The molecule has 1 rings (SSSR count). The summed E-state index contributed by atoms with van der Waals surface area (Å²) in [5.74, 6) is 1.81. The third-order valence-electron chi connectivity index (χ3n) is 2.92. The van der Waals surface area contributed by atoms with Crippen molar-refractivity contribution in [2.45, 2.75) is 39.5 Å². The van der Waals surface area contributed by atoms with E-state index in [0.717, 1.165) is 18.3 Å². The Morgan fingerprint density at radius 1 is 1.15 bits per heavy atom. The Hall–Kier alpha value is -0.0400. The van der Waals surface area contributed by atoms with E-state index in [1.807, 2.05) is 0 Å². The second-order valence-electron chi connectivity index (χ2n) is 4.77. The van der Waals surface area contributed by atoms with Crippen LogP contribution >= 0.6 is 0 Å². The Morgan fingerprint density at radius 2 is 1.77 bits per heavy atom. The highest BCUT2D eigenvalue weighted by Crippen LogP contribution is 2.20. The maximum absolute atomic E-state index is 3.88. The Labute approximate surface area is 83.5 Å². The summed E-state index contributed by atoms with van der Waals surface area (Å²) in [5.41, 5.74) is 0. The van der Waals surface area contributed by atoms with Crippen LogP contribution in [0, 0.1) is 18.8 Å². The summed E-state index contributed by atoms with van der Waals surface area (Å²) in [5, 5.41) is 0. The number of hydrogen-bond donors (Lipinski definition) is 0. The van der Waals surface area contributed by atoms with Crippen LogP contribution in [0.25, 0.3) is 0 Å². The molecule has 1 aliphatic heterocycles. The number of hydrogen-bond acceptors (Lipinski definition) is 1. The number of piperidine rings is 1. The minimum Gasteiger partial charge on any atom is -0.303 e. The summed E-state index contributed by atoms with van der Waals surface area (Å²) < 4.78 is 0. The van der Waals surface area contributed by atoms with Gasteiger partial charge in [0.1, 0.15) is 0 Å². The van der Waals surface area contributed by atoms with E-state index in [9.17, 15) is 0 Å². The van der Waals surface area contributed by atoms with Gasteiger partial charge in [0.05, 0.1) is 0 Å². The third-order valence-corrected chi connectivity index (χ3v) is 2.92. The maximum Gasteiger partial charge on any atom is 0.000724 e. The fourth-order valence-electron chi connectivity index (χ4n) is 2.49. The summed E-state index contributed by atoms with van der Waals surface area (Å²) in [6, 6.07) is 0. The Kier molecular flexibility index (Phi) is 4.79. The second kappa shape index (κ2) is 5.64. The molecule has 0 spiro atoms. The SMILES string of the molecule is [CH2]CCCCN1CC(C)CC(C)C1. The Balaban J connectivity index is 2.17. The molecule has 0 amide bonds. The second-order valence-corrected chi connectivity index (χ2v) is 4.77. The molecule has 1 aliphatic rings. The van der Waals surface area contributed by atoms with Crippen LogP contribution in [0.3, 0.4) is 0 Å². The standard InChI is InChI=1S/C12H24N/c1-4-5-6-7-13-9-11(2)8-12(3)10-13/h11-12H,1,4-10H2,2-3H3. The zero-order valence-electron chi connectivity index (χ0n) is 9.26. The molecule has 0 aromatic carbocycles. The van der Waals surface area contributed by atoms with E-state index in [1.165, 1.54) is 38.9 Å². The van der Waals surface area contributed by atoms with Crippen molar-refractivity contribution in [2.24, 2.45) is 11.8 Å². The van der Waals surface area contributed by atoms with Crippen molar-refractivity contribution in [3.05, 3.63) is 6.92 Å². The lowest BCUT2D eigenvalue weighted by Gasteiger charge is -2.34. The summed E-state index contributed by atoms with van der Waals surface area (Å²) in [4.78, 5) is 2.63. The van der Waals surface area contributed by atoms with Crippen molar-refractivity contribution in [3.8, 4) is 0 Å². The van der Waals surface area contributed by atoms with Gasteiger partial charge in [-0.3, -0.25) is 0 Å². The molecule has 0 N–H and O–H groups in total. The Morgan fingerprint density at radius 3 is 2.31 bits per heavy atom. The van der Waals surface area contributed by atoms with Gasteiger partial charge in [0.25, 0.3) is 0 Å². The van der Waals surface area contributed by atoms with Crippen molar-refractivity contribution < 1.29 is 0 Å². The molecule has 1 heteroatoms. The molecule has 13 heavy (non-hydrogen) atoms. The average Bonchev–Trinajstić information content (AvgIpc) is 2.03. The van der Waals surface area contributed by atoms with Gasteiger partial charge in [-0.05, 0) is 31.2 Å². The van der Waals surface area contributed by atoms with Crippen molar-refractivity contribution in [1.82, 2.24) is 4.90 Å². The lowest BCUT2D eigenvalue weighted by atomic mass is 9.92. The maximum atomic E-state index is 3.88. The molecular formula is C12H24N. The molecule has 2 unspecified atom stereocenters. The zero-order chi connectivity index (χ0) is 9.68. The first kappa shape index (κ1) is 11.0. The molecule has 0 aromatic rings. The van der Waals surface area contributed by atoms with Gasteiger partial charge < -0.3 is 4.90 Å². The first-order valence-electron chi connectivity index (χ1n) is 5.74. The van der Waals surface area contributed by atoms with Crippen LogP contribution in [0.2, 0.25) is 0 Å². The van der Waals surface area contributed by atoms with E-state index < -0.39 is 0 Å². The fraction of sp³-hybridized carbons (Fsp3) is 0.917. The largest absolute Gasteiger partial charge is 0.303 e. The highest BCUT2D eigenvalue weighted by molar-refractivity contribution is 4.74. The number of unbranched alkanes of at least 4 members (excludes halogenated alkanes) is 2. The van der Waals surface area contributed by atoms with Gasteiger partial charge in [-0.2, -0.15) is 0 Å². The van der Waals surface area contributed by atoms with Crippen molar-refractivity contribution >= 4 is 0 Å². The van der Waals surface area contributed by atoms with E-state index in [0.29, 0.717) is 0 Å².